The molecule has 128 valence electrons. The number of nitrogens with zero attached hydrogens (tertiary/aromatic N) is 1. The van der Waals surface area contributed by atoms with Crippen LogP contribution in [-0.4, -0.2) is 55.5 Å². The molecular weight excluding hydrogens is 334 g/mol. The van der Waals surface area contributed by atoms with Crippen LogP contribution < -0.4 is 11.1 Å². The molecule has 0 saturated carbocycles. The molecule has 8 heteroatoms. The summed E-state index contributed by atoms with van der Waals surface area (Å²) in [6.45, 7) is 2.76. The van der Waals surface area contributed by atoms with E-state index in [1.165, 1.54) is 4.31 Å². The first-order chi connectivity index (χ1) is 10.8. The van der Waals surface area contributed by atoms with Crippen molar-refractivity contribution >= 4 is 27.7 Å². The van der Waals surface area contributed by atoms with E-state index in [2.05, 4.69) is 5.32 Å². The highest BCUT2D eigenvalue weighted by Gasteiger charge is 2.31. The van der Waals surface area contributed by atoms with Crippen molar-refractivity contribution in [2.24, 2.45) is 5.73 Å². The number of hydrogen-bond acceptors (Lipinski definition) is 5. The van der Waals surface area contributed by atoms with Gasteiger partial charge in [0.1, 0.15) is 5.54 Å². The Morgan fingerprint density at radius 2 is 1.91 bits per heavy atom. The van der Waals surface area contributed by atoms with E-state index in [4.69, 9.17) is 5.73 Å². The summed E-state index contributed by atoms with van der Waals surface area (Å²) < 4.78 is 25.9. The summed E-state index contributed by atoms with van der Waals surface area (Å²) in [4.78, 5) is 12.3. The molecule has 1 amide bonds. The smallest absolute Gasteiger partial charge is 0.244 e. The van der Waals surface area contributed by atoms with Gasteiger partial charge < -0.3 is 11.1 Å². The molecule has 0 aromatic heterocycles. The minimum Gasteiger partial charge on any atom is -0.353 e. The molecule has 1 aliphatic rings. The lowest BCUT2D eigenvalue weighted by molar-refractivity contribution is -0.125. The fraction of sp³-hybridized carbons (Fsp3) is 0.533. The summed E-state index contributed by atoms with van der Waals surface area (Å²) in [5.41, 5.74) is 5.60. The molecule has 0 bridgehead atoms. The van der Waals surface area contributed by atoms with Crippen LogP contribution in [0.3, 0.4) is 0 Å². The van der Waals surface area contributed by atoms with E-state index in [9.17, 15) is 13.2 Å². The van der Waals surface area contributed by atoms with Gasteiger partial charge in [0.25, 0.3) is 0 Å². The Labute approximate surface area is 141 Å². The maximum atomic E-state index is 12.3. The standard InChI is InChI=1S/C15H23N3O3S2/c1-15(16,13-5-3-2-4-6-13)14(19)17-7-12-23(20,21)18-8-10-22-11-9-18/h2-6H,7-12,16H2,1H3,(H,17,19). The van der Waals surface area contributed by atoms with Crippen molar-refractivity contribution in [2.45, 2.75) is 12.5 Å². The lowest BCUT2D eigenvalue weighted by Crippen LogP contribution is -2.50. The van der Waals surface area contributed by atoms with E-state index in [1.807, 2.05) is 18.2 Å². The first kappa shape index (κ1) is 18.3. The molecule has 1 atom stereocenters. The molecule has 1 aromatic carbocycles. The molecular formula is C15H23N3O3S2. The van der Waals surface area contributed by atoms with Crippen molar-refractivity contribution in [1.29, 1.82) is 0 Å². The third-order valence-corrected chi connectivity index (χ3v) is 6.67. The third kappa shape index (κ3) is 4.69. The van der Waals surface area contributed by atoms with E-state index < -0.39 is 15.6 Å². The van der Waals surface area contributed by atoms with Gasteiger partial charge in [0, 0.05) is 31.1 Å². The lowest BCUT2D eigenvalue weighted by atomic mass is 9.92. The number of carbonyl (C=O) groups is 1. The minimum absolute atomic E-state index is 0.0600. The van der Waals surface area contributed by atoms with Crippen LogP contribution in [0.1, 0.15) is 12.5 Å². The van der Waals surface area contributed by atoms with Gasteiger partial charge >= 0.3 is 0 Å². The molecule has 0 aliphatic carbocycles. The molecule has 1 aromatic rings. The van der Waals surface area contributed by atoms with E-state index in [-0.39, 0.29) is 18.2 Å². The second kappa shape index (κ2) is 7.65. The van der Waals surface area contributed by atoms with Crippen LogP contribution >= 0.6 is 11.8 Å². The Hall–Kier alpha value is -1.09. The number of rotatable bonds is 6. The number of nitrogens with one attached hydrogen (secondary N) is 1. The first-order valence-electron chi connectivity index (χ1n) is 7.52. The average molecular weight is 358 g/mol. The van der Waals surface area contributed by atoms with E-state index in [1.54, 1.807) is 30.8 Å². The largest absolute Gasteiger partial charge is 0.353 e. The number of sulfonamides is 1. The maximum Gasteiger partial charge on any atom is 0.244 e. The van der Waals surface area contributed by atoms with Crippen LogP contribution in [0, 0.1) is 0 Å². The predicted octanol–water partition coefficient (Wildman–Crippen LogP) is 0.355. The topological polar surface area (TPSA) is 92.5 Å². The Bertz CT molecular complexity index is 627. The van der Waals surface area contributed by atoms with E-state index in [0.717, 1.165) is 11.5 Å². The summed E-state index contributed by atoms with van der Waals surface area (Å²) in [6, 6.07) is 9.03. The fourth-order valence-corrected chi connectivity index (χ4v) is 4.84. The highest BCUT2D eigenvalue weighted by atomic mass is 32.2. The number of thioether (sulfide) groups is 1. The Morgan fingerprint density at radius 1 is 1.30 bits per heavy atom. The molecule has 2 rings (SSSR count). The van der Waals surface area contributed by atoms with E-state index >= 15 is 0 Å². The first-order valence-corrected chi connectivity index (χ1v) is 10.3. The van der Waals surface area contributed by atoms with Crippen LogP contribution in [0.15, 0.2) is 30.3 Å². The third-order valence-electron chi connectivity index (χ3n) is 3.85. The van der Waals surface area contributed by atoms with Gasteiger partial charge in [0.2, 0.25) is 15.9 Å². The second-order valence-corrected chi connectivity index (χ2v) is 8.96. The molecule has 1 saturated heterocycles. The zero-order valence-electron chi connectivity index (χ0n) is 13.2. The number of nitrogens with two attached hydrogens (primary N) is 1. The molecule has 6 nitrogen and oxygen atoms in total. The van der Waals surface area contributed by atoms with Gasteiger partial charge in [-0.05, 0) is 12.5 Å². The van der Waals surface area contributed by atoms with Crippen LogP contribution in [0.2, 0.25) is 0 Å². The number of hydrogen-bond donors (Lipinski definition) is 2. The molecule has 3 N–H and O–H groups in total. The van der Waals surface area contributed by atoms with Gasteiger partial charge in [0.05, 0.1) is 5.75 Å². The molecule has 1 heterocycles. The molecule has 23 heavy (non-hydrogen) atoms. The average Bonchev–Trinajstić information content (AvgIpc) is 2.56. The zero-order chi connectivity index (χ0) is 16.9. The van der Waals surface area contributed by atoms with Crippen LogP contribution in [0.5, 0.6) is 0 Å². The van der Waals surface area contributed by atoms with Crippen molar-refractivity contribution < 1.29 is 13.2 Å². The Morgan fingerprint density at radius 3 is 2.52 bits per heavy atom. The number of amides is 1. The summed E-state index contributed by atoms with van der Waals surface area (Å²) in [5, 5.41) is 2.64. The van der Waals surface area contributed by atoms with Crippen LogP contribution in [-0.2, 0) is 20.4 Å². The van der Waals surface area contributed by atoms with Crippen molar-refractivity contribution in [2.75, 3.05) is 36.9 Å². The molecule has 1 fully saturated rings. The van der Waals surface area contributed by atoms with Gasteiger partial charge in [-0.1, -0.05) is 30.3 Å². The Kier molecular flexibility index (Phi) is 6.07. The van der Waals surface area contributed by atoms with E-state index in [0.29, 0.717) is 18.7 Å². The van der Waals surface area contributed by atoms with Crippen LogP contribution in [0.25, 0.3) is 0 Å². The second-order valence-electron chi connectivity index (χ2n) is 5.65. The summed E-state index contributed by atoms with van der Waals surface area (Å²) >= 11 is 1.75. The van der Waals surface area contributed by atoms with Gasteiger partial charge in [-0.3, -0.25) is 4.79 Å². The van der Waals surface area contributed by atoms with Crippen LogP contribution in [0.4, 0.5) is 0 Å². The molecule has 1 aliphatic heterocycles. The van der Waals surface area contributed by atoms with Gasteiger partial charge in [-0.25, -0.2) is 12.7 Å². The van der Waals surface area contributed by atoms with Crippen molar-refractivity contribution in [3.63, 3.8) is 0 Å². The van der Waals surface area contributed by atoms with Crippen molar-refractivity contribution in [3.05, 3.63) is 35.9 Å². The summed E-state index contributed by atoms with van der Waals surface area (Å²) in [5.74, 6) is 1.16. The highest BCUT2D eigenvalue weighted by Crippen LogP contribution is 2.17. The van der Waals surface area contributed by atoms with Crippen molar-refractivity contribution in [3.8, 4) is 0 Å². The molecule has 0 radical (unpaired) electrons. The predicted molar refractivity (Wildman–Crippen MR) is 93.7 cm³/mol. The minimum atomic E-state index is -3.32. The highest BCUT2D eigenvalue weighted by molar-refractivity contribution is 7.99. The molecule has 1 unspecified atom stereocenters. The van der Waals surface area contributed by atoms with Gasteiger partial charge in [-0.15, -0.1) is 0 Å². The Balaban J connectivity index is 1.89. The van der Waals surface area contributed by atoms with Crippen molar-refractivity contribution in [1.82, 2.24) is 9.62 Å². The monoisotopic (exact) mass is 357 g/mol. The lowest BCUT2D eigenvalue weighted by Gasteiger charge is -2.27. The normalized spacial score (nSPS) is 19.0. The molecule has 0 spiro atoms. The quantitative estimate of drug-likeness (QED) is 0.767. The SMILES string of the molecule is CC(N)(C(=O)NCCS(=O)(=O)N1CCSCC1)c1ccccc1. The van der Waals surface area contributed by atoms with Gasteiger partial charge in [0.15, 0.2) is 0 Å². The summed E-state index contributed by atoms with van der Waals surface area (Å²) in [6.07, 6.45) is 0. The van der Waals surface area contributed by atoms with Gasteiger partial charge in [-0.2, -0.15) is 11.8 Å². The zero-order valence-corrected chi connectivity index (χ0v) is 14.8. The maximum absolute atomic E-state index is 12.3. The number of benzene rings is 1. The summed E-state index contributed by atoms with van der Waals surface area (Å²) in [7, 11) is -3.32. The number of carbonyl (C=O) groups excluding carboxylic acids is 1. The fourth-order valence-electron chi connectivity index (χ4n) is 2.35.